The summed E-state index contributed by atoms with van der Waals surface area (Å²) in [5.41, 5.74) is 4.90. The summed E-state index contributed by atoms with van der Waals surface area (Å²) in [6, 6.07) is 18.5. The second-order valence-electron chi connectivity index (χ2n) is 5.99. The molecule has 0 fully saturated rings. The van der Waals surface area contributed by atoms with Crippen LogP contribution < -0.4 is 4.90 Å². The van der Waals surface area contributed by atoms with Crippen LogP contribution in [0.25, 0.3) is 21.6 Å². The van der Waals surface area contributed by atoms with Gasteiger partial charge < -0.3 is 9.88 Å². The molecule has 0 aliphatic rings. The Morgan fingerprint density at radius 3 is 2.60 bits per heavy atom. The molecule has 0 unspecified atom stereocenters. The molecule has 1 aromatic carbocycles. The summed E-state index contributed by atoms with van der Waals surface area (Å²) in [5, 5.41) is 3.14. The van der Waals surface area contributed by atoms with E-state index in [1.54, 1.807) is 11.3 Å². The van der Waals surface area contributed by atoms with Gasteiger partial charge in [0, 0.05) is 32.2 Å². The molecule has 3 aromatic heterocycles. The predicted molar refractivity (Wildman–Crippen MR) is 108 cm³/mol. The van der Waals surface area contributed by atoms with E-state index in [2.05, 4.69) is 57.4 Å². The molecule has 0 atom stereocenters. The second kappa shape index (κ2) is 6.46. The maximum absolute atomic E-state index is 4.71. The fraction of sp³-hybridized carbons (Fsp3) is 0.0952. The molecule has 1 N–H and O–H groups in total. The lowest BCUT2D eigenvalue weighted by Gasteiger charge is -2.11. The number of H-pyrrole nitrogens is 1. The van der Waals surface area contributed by atoms with Crippen LogP contribution in [0, 0.1) is 11.8 Å². The number of hydrogen-bond acceptors (Lipinski definition) is 3. The van der Waals surface area contributed by atoms with Crippen LogP contribution in [0.4, 0.5) is 5.69 Å². The number of nitrogens with one attached hydrogen (secondary N) is 1. The first-order valence-corrected chi connectivity index (χ1v) is 8.90. The van der Waals surface area contributed by atoms with Gasteiger partial charge in [0.25, 0.3) is 0 Å². The molecule has 124 valence electrons. The number of rotatable bonds is 2. The van der Waals surface area contributed by atoms with Crippen molar-refractivity contribution < 1.29 is 1.43 Å². The summed E-state index contributed by atoms with van der Waals surface area (Å²) in [6.07, 6.45) is 0. The topological polar surface area (TPSA) is 31.9 Å². The first-order valence-electron chi connectivity index (χ1n) is 8.02. The lowest BCUT2D eigenvalue weighted by molar-refractivity contribution is 1.13. The molecular weight excluding hydrogens is 326 g/mol. The zero-order valence-electron chi connectivity index (χ0n) is 14.1. The van der Waals surface area contributed by atoms with Gasteiger partial charge in [0.05, 0.1) is 16.3 Å². The monoisotopic (exact) mass is 345 g/mol. The van der Waals surface area contributed by atoms with E-state index in [1.807, 2.05) is 38.4 Å². The molecule has 0 bridgehead atoms. The highest BCUT2D eigenvalue weighted by Crippen LogP contribution is 2.25. The van der Waals surface area contributed by atoms with Gasteiger partial charge >= 0.3 is 0 Å². The minimum atomic E-state index is 0. The average Bonchev–Trinajstić information content (AvgIpc) is 3.29. The van der Waals surface area contributed by atoms with Crippen molar-refractivity contribution in [1.29, 1.82) is 0 Å². The largest absolute Gasteiger partial charge is 0.378 e. The summed E-state index contributed by atoms with van der Waals surface area (Å²) >= 11 is 1.69. The lowest BCUT2D eigenvalue weighted by Crippen LogP contribution is -2.07. The van der Waals surface area contributed by atoms with E-state index in [4.69, 9.17) is 4.98 Å². The molecule has 4 aromatic rings. The van der Waals surface area contributed by atoms with E-state index in [-0.39, 0.29) is 1.43 Å². The van der Waals surface area contributed by atoms with Crippen molar-refractivity contribution in [1.82, 2.24) is 9.97 Å². The van der Waals surface area contributed by atoms with Gasteiger partial charge in [0.1, 0.15) is 5.65 Å². The number of fused-ring (bicyclic) bond motifs is 1. The Balaban J connectivity index is 0.00000196. The standard InChI is InChI=1S/C21H17N3S.H2/c1-24(2)18-10-6-15(7-11-18)5-9-17-14-16-8-12-19(23-21(16)22-17)20-4-3-13-25-20;/h3-4,6-8,10-14H,1-2H3,(H,22,23);1H. The van der Waals surface area contributed by atoms with Gasteiger partial charge in [-0.25, -0.2) is 4.98 Å². The number of nitrogens with zero attached hydrogens (tertiary/aromatic N) is 2. The van der Waals surface area contributed by atoms with Crippen LogP contribution in [0.5, 0.6) is 0 Å². The Labute approximate surface area is 152 Å². The van der Waals surface area contributed by atoms with E-state index >= 15 is 0 Å². The Morgan fingerprint density at radius 1 is 1.04 bits per heavy atom. The van der Waals surface area contributed by atoms with Gasteiger partial charge in [0.2, 0.25) is 0 Å². The molecule has 0 saturated heterocycles. The van der Waals surface area contributed by atoms with Gasteiger partial charge in [-0.2, -0.15) is 0 Å². The average molecular weight is 345 g/mol. The Bertz CT molecular complexity index is 1070. The van der Waals surface area contributed by atoms with Crippen LogP contribution in [0.1, 0.15) is 12.7 Å². The quantitative estimate of drug-likeness (QED) is 0.518. The summed E-state index contributed by atoms with van der Waals surface area (Å²) in [4.78, 5) is 11.3. The molecule has 0 amide bonds. The van der Waals surface area contributed by atoms with Gasteiger partial charge in [-0.15, -0.1) is 11.3 Å². The minimum absolute atomic E-state index is 0. The Morgan fingerprint density at radius 2 is 1.88 bits per heavy atom. The van der Waals surface area contributed by atoms with E-state index in [9.17, 15) is 0 Å². The highest BCUT2D eigenvalue weighted by molar-refractivity contribution is 7.13. The van der Waals surface area contributed by atoms with E-state index in [1.165, 1.54) is 10.6 Å². The van der Waals surface area contributed by atoms with Crippen molar-refractivity contribution >= 4 is 28.1 Å². The molecule has 4 heteroatoms. The van der Waals surface area contributed by atoms with Crippen molar-refractivity contribution in [3.8, 4) is 22.4 Å². The number of aromatic nitrogens is 2. The molecule has 0 spiro atoms. The lowest BCUT2D eigenvalue weighted by atomic mass is 10.2. The van der Waals surface area contributed by atoms with Crippen LogP contribution in [0.15, 0.2) is 60.0 Å². The third kappa shape index (κ3) is 3.28. The molecule has 0 radical (unpaired) electrons. The smallest absolute Gasteiger partial charge is 0.138 e. The van der Waals surface area contributed by atoms with Gasteiger partial charge in [-0.3, -0.25) is 0 Å². The number of thiophene rings is 1. The van der Waals surface area contributed by atoms with Crippen molar-refractivity contribution in [2.45, 2.75) is 0 Å². The second-order valence-corrected chi connectivity index (χ2v) is 6.93. The normalized spacial score (nSPS) is 10.5. The van der Waals surface area contributed by atoms with E-state index in [0.29, 0.717) is 0 Å². The molecule has 3 heterocycles. The number of benzene rings is 1. The first kappa shape index (κ1) is 15.5. The predicted octanol–water partition coefficient (Wildman–Crippen LogP) is 5.00. The van der Waals surface area contributed by atoms with Crippen molar-refractivity contribution in [3.05, 3.63) is 71.2 Å². The maximum Gasteiger partial charge on any atom is 0.138 e. The Kier molecular flexibility index (Phi) is 4.01. The van der Waals surface area contributed by atoms with Crippen LogP contribution in [-0.2, 0) is 0 Å². The van der Waals surface area contributed by atoms with Crippen molar-refractivity contribution in [3.63, 3.8) is 0 Å². The number of hydrogen-bond donors (Lipinski definition) is 1. The fourth-order valence-electron chi connectivity index (χ4n) is 2.62. The zero-order chi connectivity index (χ0) is 17.2. The maximum atomic E-state index is 4.71. The number of aromatic amines is 1. The molecule has 0 saturated carbocycles. The zero-order valence-corrected chi connectivity index (χ0v) is 14.9. The van der Waals surface area contributed by atoms with Crippen LogP contribution in [0.2, 0.25) is 0 Å². The van der Waals surface area contributed by atoms with E-state index in [0.717, 1.165) is 28.0 Å². The van der Waals surface area contributed by atoms with Crippen molar-refractivity contribution in [2.24, 2.45) is 0 Å². The summed E-state index contributed by atoms with van der Waals surface area (Å²) < 4.78 is 0. The van der Waals surface area contributed by atoms with Gasteiger partial charge in [0.15, 0.2) is 0 Å². The minimum Gasteiger partial charge on any atom is -0.378 e. The van der Waals surface area contributed by atoms with Gasteiger partial charge in [-0.05, 0) is 59.8 Å². The first-order chi connectivity index (χ1) is 12.2. The van der Waals surface area contributed by atoms with E-state index < -0.39 is 0 Å². The summed E-state index contributed by atoms with van der Waals surface area (Å²) in [7, 11) is 4.06. The number of anilines is 1. The third-order valence-corrected chi connectivity index (χ3v) is 4.87. The molecular formula is C21H19N3S. The fourth-order valence-corrected chi connectivity index (χ4v) is 3.31. The Hall–Kier alpha value is -3.03. The molecule has 25 heavy (non-hydrogen) atoms. The SMILES string of the molecule is CN(C)c1ccc(C#Cc2cc3ccc(-c4cccs4)nc3[nH]2)cc1.[HH]. The molecule has 0 aliphatic carbocycles. The number of pyridine rings is 1. The highest BCUT2D eigenvalue weighted by atomic mass is 32.1. The van der Waals surface area contributed by atoms with Gasteiger partial charge in [-0.1, -0.05) is 12.0 Å². The summed E-state index contributed by atoms with van der Waals surface area (Å²) in [5.74, 6) is 6.40. The summed E-state index contributed by atoms with van der Waals surface area (Å²) in [6.45, 7) is 0. The molecule has 3 nitrogen and oxygen atoms in total. The van der Waals surface area contributed by atoms with Crippen LogP contribution >= 0.6 is 11.3 Å². The van der Waals surface area contributed by atoms with Crippen molar-refractivity contribution in [2.75, 3.05) is 19.0 Å². The molecule has 4 rings (SSSR count). The van der Waals surface area contributed by atoms with Crippen LogP contribution in [-0.4, -0.2) is 24.1 Å². The molecule has 0 aliphatic heterocycles. The van der Waals surface area contributed by atoms with Crippen LogP contribution in [0.3, 0.4) is 0 Å². The highest BCUT2D eigenvalue weighted by Gasteiger charge is 2.04. The third-order valence-electron chi connectivity index (χ3n) is 3.98.